The second-order valence-corrected chi connectivity index (χ2v) is 5.06. The molecule has 3 aromatic carbocycles. The van der Waals surface area contributed by atoms with Crippen LogP contribution in [0.15, 0.2) is 91.0 Å². The summed E-state index contributed by atoms with van der Waals surface area (Å²) in [6.45, 7) is 0. The summed E-state index contributed by atoms with van der Waals surface area (Å²) in [6.07, 6.45) is 3.29. The Morgan fingerprint density at radius 3 is 1.61 bits per heavy atom. The lowest BCUT2D eigenvalue weighted by Crippen LogP contribution is -2.09. The summed E-state index contributed by atoms with van der Waals surface area (Å²) in [6, 6.07) is 30.7. The molecule has 0 atom stereocenters. The summed E-state index contributed by atoms with van der Waals surface area (Å²) in [4.78, 5) is 2.21. The minimum atomic E-state index is 1.01. The molecule has 0 aromatic heterocycles. The van der Waals surface area contributed by atoms with Crippen LogP contribution in [0.3, 0.4) is 0 Å². The first-order chi connectivity index (χ1) is 11.4. The van der Waals surface area contributed by atoms with E-state index in [9.17, 15) is 0 Å². The fourth-order valence-electron chi connectivity index (χ4n) is 2.47. The molecule has 0 spiro atoms. The molecule has 0 heterocycles. The quantitative estimate of drug-likeness (QED) is 0.578. The summed E-state index contributed by atoms with van der Waals surface area (Å²) < 4.78 is 0. The van der Waals surface area contributed by atoms with Crippen LogP contribution >= 0.6 is 0 Å². The van der Waals surface area contributed by atoms with Crippen LogP contribution in [0.1, 0.15) is 5.56 Å². The van der Waals surface area contributed by atoms with Gasteiger partial charge in [0.05, 0.1) is 6.07 Å². The van der Waals surface area contributed by atoms with Crippen LogP contribution in [0.5, 0.6) is 0 Å². The average molecular weight is 296 g/mol. The number of nitrogens with zero attached hydrogens (tertiary/aromatic N) is 2. The fraction of sp³-hybridized carbons (Fsp3) is 0. The second-order valence-electron chi connectivity index (χ2n) is 5.06. The molecule has 23 heavy (non-hydrogen) atoms. The Kier molecular flexibility index (Phi) is 4.52. The number of rotatable bonds is 4. The maximum atomic E-state index is 8.62. The van der Waals surface area contributed by atoms with Gasteiger partial charge in [-0.15, -0.1) is 0 Å². The number of hydrogen-bond acceptors (Lipinski definition) is 2. The summed E-state index contributed by atoms with van der Waals surface area (Å²) >= 11 is 0. The zero-order valence-electron chi connectivity index (χ0n) is 12.6. The van der Waals surface area contributed by atoms with Crippen molar-refractivity contribution in [1.82, 2.24) is 0 Å². The standard InChI is InChI=1S/C21H16N2/c22-17-7-8-18-13-15-21(16-14-18)23(19-9-3-1-4-10-19)20-11-5-2-6-12-20/h1-16H. The zero-order chi connectivity index (χ0) is 15.9. The molecule has 2 nitrogen and oxygen atoms in total. The number of benzene rings is 3. The highest BCUT2D eigenvalue weighted by Crippen LogP contribution is 2.34. The van der Waals surface area contributed by atoms with Gasteiger partial charge < -0.3 is 4.90 Å². The van der Waals surface area contributed by atoms with Gasteiger partial charge in [0.25, 0.3) is 0 Å². The van der Waals surface area contributed by atoms with E-state index < -0.39 is 0 Å². The Bertz CT molecular complexity index is 774. The van der Waals surface area contributed by atoms with E-state index in [4.69, 9.17) is 5.26 Å². The van der Waals surface area contributed by atoms with Crippen molar-refractivity contribution in [1.29, 1.82) is 5.26 Å². The number of para-hydroxylation sites is 2. The summed E-state index contributed by atoms with van der Waals surface area (Å²) in [5, 5.41) is 8.62. The molecule has 3 rings (SSSR count). The van der Waals surface area contributed by atoms with Crippen molar-refractivity contribution < 1.29 is 0 Å². The van der Waals surface area contributed by atoms with Crippen LogP contribution in [0.25, 0.3) is 6.08 Å². The van der Waals surface area contributed by atoms with E-state index in [2.05, 4.69) is 41.3 Å². The molecule has 0 amide bonds. The van der Waals surface area contributed by atoms with Gasteiger partial charge in [0.15, 0.2) is 0 Å². The van der Waals surface area contributed by atoms with E-state index in [-0.39, 0.29) is 0 Å². The normalized spacial score (nSPS) is 10.4. The molecule has 0 bridgehead atoms. The van der Waals surface area contributed by atoms with Gasteiger partial charge in [0, 0.05) is 23.1 Å². The Balaban J connectivity index is 2.03. The minimum Gasteiger partial charge on any atom is -0.311 e. The minimum absolute atomic E-state index is 1.01. The van der Waals surface area contributed by atoms with Crippen LogP contribution in [0, 0.1) is 11.3 Å². The van der Waals surface area contributed by atoms with Crippen molar-refractivity contribution in [2.75, 3.05) is 4.90 Å². The lowest BCUT2D eigenvalue weighted by molar-refractivity contribution is 1.28. The molecule has 0 N–H and O–H groups in total. The van der Waals surface area contributed by atoms with Crippen molar-refractivity contribution in [3.63, 3.8) is 0 Å². The van der Waals surface area contributed by atoms with E-state index in [1.54, 1.807) is 6.08 Å². The molecule has 0 radical (unpaired) electrons. The molecule has 0 unspecified atom stereocenters. The van der Waals surface area contributed by atoms with E-state index in [1.165, 1.54) is 6.08 Å². The van der Waals surface area contributed by atoms with Gasteiger partial charge in [-0.05, 0) is 48.0 Å². The predicted octanol–water partition coefficient (Wildman–Crippen LogP) is 5.69. The van der Waals surface area contributed by atoms with Gasteiger partial charge in [-0.25, -0.2) is 0 Å². The van der Waals surface area contributed by atoms with E-state index in [0.717, 1.165) is 22.6 Å². The zero-order valence-corrected chi connectivity index (χ0v) is 12.6. The van der Waals surface area contributed by atoms with Crippen LogP contribution in [-0.2, 0) is 0 Å². The summed E-state index contributed by atoms with van der Waals surface area (Å²) in [7, 11) is 0. The molecule has 3 aromatic rings. The number of anilines is 3. The van der Waals surface area contributed by atoms with Crippen LogP contribution in [-0.4, -0.2) is 0 Å². The van der Waals surface area contributed by atoms with Crippen molar-refractivity contribution in [2.45, 2.75) is 0 Å². The molecule has 0 saturated heterocycles. The fourth-order valence-corrected chi connectivity index (χ4v) is 2.47. The van der Waals surface area contributed by atoms with Crippen molar-refractivity contribution in [3.8, 4) is 6.07 Å². The largest absolute Gasteiger partial charge is 0.311 e. The highest BCUT2D eigenvalue weighted by Gasteiger charge is 2.10. The van der Waals surface area contributed by atoms with Gasteiger partial charge in [0.2, 0.25) is 0 Å². The van der Waals surface area contributed by atoms with Crippen LogP contribution in [0.2, 0.25) is 0 Å². The first-order valence-corrected chi connectivity index (χ1v) is 7.45. The van der Waals surface area contributed by atoms with Gasteiger partial charge in [-0.1, -0.05) is 48.5 Å². The molecular formula is C21H16N2. The molecule has 110 valence electrons. The smallest absolute Gasteiger partial charge is 0.0912 e. The van der Waals surface area contributed by atoms with Gasteiger partial charge in [-0.2, -0.15) is 5.26 Å². The summed E-state index contributed by atoms with van der Waals surface area (Å²) in [5.41, 5.74) is 4.31. The molecule has 0 fully saturated rings. The Labute approximate surface area is 136 Å². The van der Waals surface area contributed by atoms with Crippen molar-refractivity contribution in [3.05, 3.63) is 96.6 Å². The third kappa shape index (κ3) is 3.48. The molecule has 2 heteroatoms. The highest BCUT2D eigenvalue weighted by molar-refractivity contribution is 5.76. The first-order valence-electron chi connectivity index (χ1n) is 7.45. The summed E-state index contributed by atoms with van der Waals surface area (Å²) in [5.74, 6) is 0. The maximum Gasteiger partial charge on any atom is 0.0912 e. The molecule has 0 aliphatic rings. The van der Waals surface area contributed by atoms with Crippen LogP contribution in [0.4, 0.5) is 17.1 Å². The average Bonchev–Trinajstić information content (AvgIpc) is 2.63. The van der Waals surface area contributed by atoms with Crippen molar-refractivity contribution >= 4 is 23.1 Å². The second kappa shape index (κ2) is 7.11. The lowest BCUT2D eigenvalue weighted by Gasteiger charge is -2.25. The molecule has 0 saturated carbocycles. The first kappa shape index (κ1) is 14.6. The maximum absolute atomic E-state index is 8.62. The topological polar surface area (TPSA) is 27.0 Å². The van der Waals surface area contributed by atoms with E-state index in [0.29, 0.717) is 0 Å². The number of allylic oxidation sites excluding steroid dienone is 1. The molecule has 0 aliphatic carbocycles. The lowest BCUT2D eigenvalue weighted by atomic mass is 10.1. The Hall–Kier alpha value is -3.31. The third-order valence-electron chi connectivity index (χ3n) is 3.53. The number of nitriles is 1. The monoisotopic (exact) mass is 296 g/mol. The van der Waals surface area contributed by atoms with Gasteiger partial charge in [-0.3, -0.25) is 0 Å². The highest BCUT2D eigenvalue weighted by atomic mass is 15.1. The van der Waals surface area contributed by atoms with Gasteiger partial charge in [0.1, 0.15) is 0 Å². The predicted molar refractivity (Wildman–Crippen MR) is 95.8 cm³/mol. The van der Waals surface area contributed by atoms with Gasteiger partial charge >= 0.3 is 0 Å². The number of hydrogen-bond donors (Lipinski definition) is 0. The van der Waals surface area contributed by atoms with Crippen molar-refractivity contribution in [2.24, 2.45) is 0 Å². The Morgan fingerprint density at radius 2 is 1.13 bits per heavy atom. The Morgan fingerprint density at radius 1 is 0.652 bits per heavy atom. The SMILES string of the molecule is N#CC=Cc1ccc(N(c2ccccc2)c2ccccc2)cc1. The molecule has 0 aliphatic heterocycles. The van der Waals surface area contributed by atoms with E-state index in [1.807, 2.05) is 54.6 Å². The van der Waals surface area contributed by atoms with E-state index >= 15 is 0 Å². The third-order valence-corrected chi connectivity index (χ3v) is 3.53. The molecular weight excluding hydrogens is 280 g/mol. The van der Waals surface area contributed by atoms with Crippen LogP contribution < -0.4 is 4.90 Å².